The van der Waals surface area contributed by atoms with Crippen molar-refractivity contribution < 1.29 is 9.47 Å². The molecule has 3 heterocycles. The Labute approximate surface area is 188 Å². The van der Waals surface area contributed by atoms with Crippen molar-refractivity contribution in [3.8, 4) is 16.9 Å². The first kappa shape index (κ1) is 21.9. The van der Waals surface area contributed by atoms with Crippen molar-refractivity contribution in [3.63, 3.8) is 0 Å². The standard InChI is InChI=1S/C24H28N6O2/c1-29(2)24-27-15-20(19-13-25-17-26-14-19)23(28-24)22-16-30(11-12-32-22)10-6-8-18-7-4-5-9-21(18)31-3/h4-9,13-15,17,22H,10-12,16H2,1-3H3/b8-6+/t22-/m0/s1. The van der Waals surface area contributed by atoms with Crippen molar-refractivity contribution in [2.75, 3.05) is 52.3 Å². The Morgan fingerprint density at radius 1 is 1.19 bits per heavy atom. The highest BCUT2D eigenvalue weighted by Crippen LogP contribution is 2.31. The molecule has 1 atom stereocenters. The lowest BCUT2D eigenvalue weighted by atomic mass is 10.0. The third kappa shape index (κ3) is 5.09. The minimum absolute atomic E-state index is 0.166. The van der Waals surface area contributed by atoms with E-state index in [9.17, 15) is 0 Å². The minimum Gasteiger partial charge on any atom is -0.496 e. The van der Waals surface area contributed by atoms with Gasteiger partial charge in [-0.25, -0.2) is 19.9 Å². The molecule has 8 nitrogen and oxygen atoms in total. The number of hydrogen-bond donors (Lipinski definition) is 0. The summed E-state index contributed by atoms with van der Waals surface area (Å²) >= 11 is 0. The van der Waals surface area contributed by atoms with E-state index in [0.717, 1.165) is 47.8 Å². The monoisotopic (exact) mass is 432 g/mol. The summed E-state index contributed by atoms with van der Waals surface area (Å²) in [6, 6.07) is 8.01. The molecule has 1 aromatic carbocycles. The predicted octanol–water partition coefficient (Wildman–Crippen LogP) is 3.09. The van der Waals surface area contributed by atoms with Gasteiger partial charge in [0.25, 0.3) is 0 Å². The van der Waals surface area contributed by atoms with Gasteiger partial charge in [0.15, 0.2) is 0 Å². The zero-order chi connectivity index (χ0) is 22.3. The fourth-order valence-corrected chi connectivity index (χ4v) is 3.67. The number of methoxy groups -OCH3 is 1. The lowest BCUT2D eigenvalue weighted by Crippen LogP contribution is -2.39. The largest absolute Gasteiger partial charge is 0.496 e. The molecule has 4 rings (SSSR count). The fourth-order valence-electron chi connectivity index (χ4n) is 3.67. The minimum atomic E-state index is -0.166. The average Bonchev–Trinajstić information content (AvgIpc) is 2.84. The van der Waals surface area contributed by atoms with E-state index < -0.39 is 0 Å². The van der Waals surface area contributed by atoms with E-state index >= 15 is 0 Å². The molecule has 32 heavy (non-hydrogen) atoms. The molecular weight excluding hydrogens is 404 g/mol. The van der Waals surface area contributed by atoms with Crippen molar-refractivity contribution >= 4 is 12.0 Å². The van der Waals surface area contributed by atoms with Gasteiger partial charge in [0.05, 0.1) is 19.4 Å². The van der Waals surface area contributed by atoms with Crippen molar-refractivity contribution in [1.82, 2.24) is 24.8 Å². The number of benzene rings is 1. The van der Waals surface area contributed by atoms with Crippen LogP contribution in [0.4, 0.5) is 5.95 Å². The van der Waals surface area contributed by atoms with Gasteiger partial charge in [-0.1, -0.05) is 30.4 Å². The van der Waals surface area contributed by atoms with E-state index in [-0.39, 0.29) is 6.10 Å². The Balaban J connectivity index is 1.53. The maximum atomic E-state index is 6.16. The first-order chi connectivity index (χ1) is 15.7. The molecular formula is C24H28N6O2. The number of hydrogen-bond acceptors (Lipinski definition) is 8. The molecule has 0 spiro atoms. The molecule has 0 aliphatic carbocycles. The summed E-state index contributed by atoms with van der Waals surface area (Å²) in [5, 5.41) is 0. The van der Waals surface area contributed by atoms with Crippen LogP contribution < -0.4 is 9.64 Å². The van der Waals surface area contributed by atoms with Crippen LogP contribution in [0.15, 0.2) is 55.3 Å². The summed E-state index contributed by atoms with van der Waals surface area (Å²) in [4.78, 5) is 21.9. The van der Waals surface area contributed by atoms with E-state index in [4.69, 9.17) is 14.5 Å². The third-order valence-electron chi connectivity index (χ3n) is 5.33. The predicted molar refractivity (Wildman–Crippen MR) is 125 cm³/mol. The summed E-state index contributed by atoms with van der Waals surface area (Å²) in [5.74, 6) is 1.52. The van der Waals surface area contributed by atoms with Crippen LogP contribution in [0, 0.1) is 0 Å². The van der Waals surface area contributed by atoms with Crippen molar-refractivity contribution in [3.05, 3.63) is 66.5 Å². The summed E-state index contributed by atoms with van der Waals surface area (Å²) in [7, 11) is 5.56. The number of morpholine rings is 1. The molecule has 0 amide bonds. The van der Waals surface area contributed by atoms with Gasteiger partial charge in [-0.05, 0) is 6.07 Å². The Kier molecular flexibility index (Phi) is 7.03. The molecule has 3 aromatic rings. The molecule has 0 radical (unpaired) electrons. The van der Waals surface area contributed by atoms with Crippen LogP contribution in [-0.2, 0) is 4.74 Å². The number of para-hydroxylation sites is 1. The zero-order valence-corrected chi connectivity index (χ0v) is 18.7. The molecule has 2 aromatic heterocycles. The third-order valence-corrected chi connectivity index (χ3v) is 5.33. The molecule has 1 aliphatic heterocycles. The van der Waals surface area contributed by atoms with E-state index in [1.54, 1.807) is 19.5 Å². The van der Waals surface area contributed by atoms with E-state index in [1.807, 2.05) is 43.4 Å². The van der Waals surface area contributed by atoms with E-state index in [0.29, 0.717) is 12.6 Å². The Hall–Kier alpha value is -3.36. The van der Waals surface area contributed by atoms with Gasteiger partial charge in [0.1, 0.15) is 18.2 Å². The smallest absolute Gasteiger partial charge is 0.225 e. The zero-order valence-electron chi connectivity index (χ0n) is 18.7. The summed E-state index contributed by atoms with van der Waals surface area (Å²) < 4.78 is 11.6. The summed E-state index contributed by atoms with van der Waals surface area (Å²) in [6.07, 6.45) is 11.0. The SMILES string of the molecule is COc1ccccc1/C=C/CN1CCO[C@H](c2nc(N(C)C)ncc2-c2cncnc2)C1. The lowest BCUT2D eigenvalue weighted by molar-refractivity contribution is -0.0278. The summed E-state index contributed by atoms with van der Waals surface area (Å²) in [6.45, 7) is 3.05. The van der Waals surface area contributed by atoms with Crippen LogP contribution in [0.3, 0.4) is 0 Å². The van der Waals surface area contributed by atoms with Gasteiger partial charge in [0, 0.05) is 69.0 Å². The summed E-state index contributed by atoms with van der Waals surface area (Å²) in [5.41, 5.74) is 3.70. The van der Waals surface area contributed by atoms with Gasteiger partial charge >= 0.3 is 0 Å². The van der Waals surface area contributed by atoms with Gasteiger partial charge in [-0.15, -0.1) is 0 Å². The second kappa shape index (κ2) is 10.3. The number of anilines is 1. The van der Waals surface area contributed by atoms with Gasteiger partial charge in [-0.3, -0.25) is 4.90 Å². The number of rotatable bonds is 7. The highest BCUT2D eigenvalue weighted by atomic mass is 16.5. The van der Waals surface area contributed by atoms with Crippen molar-refractivity contribution in [1.29, 1.82) is 0 Å². The van der Waals surface area contributed by atoms with Crippen LogP contribution in [0.2, 0.25) is 0 Å². The first-order valence-corrected chi connectivity index (χ1v) is 10.6. The molecule has 0 N–H and O–H groups in total. The normalized spacial score (nSPS) is 16.9. The van der Waals surface area contributed by atoms with Gasteiger partial charge in [0.2, 0.25) is 5.95 Å². The van der Waals surface area contributed by atoms with Crippen molar-refractivity contribution in [2.24, 2.45) is 0 Å². The Morgan fingerprint density at radius 2 is 2.00 bits per heavy atom. The second-order valence-corrected chi connectivity index (χ2v) is 7.75. The topological polar surface area (TPSA) is 76.5 Å². The maximum Gasteiger partial charge on any atom is 0.225 e. The van der Waals surface area contributed by atoms with Gasteiger partial charge < -0.3 is 14.4 Å². The van der Waals surface area contributed by atoms with Crippen LogP contribution in [0.5, 0.6) is 5.75 Å². The molecule has 0 unspecified atom stereocenters. The molecule has 0 bridgehead atoms. The van der Waals surface area contributed by atoms with Crippen molar-refractivity contribution in [2.45, 2.75) is 6.10 Å². The van der Waals surface area contributed by atoms with E-state index in [2.05, 4.69) is 38.1 Å². The highest BCUT2D eigenvalue weighted by molar-refractivity contribution is 5.64. The van der Waals surface area contributed by atoms with E-state index in [1.165, 1.54) is 6.33 Å². The Bertz CT molecular complexity index is 1060. The van der Waals surface area contributed by atoms with Gasteiger partial charge in [-0.2, -0.15) is 0 Å². The van der Waals surface area contributed by atoms with Crippen LogP contribution in [0.1, 0.15) is 17.4 Å². The lowest BCUT2D eigenvalue weighted by Gasteiger charge is -2.33. The first-order valence-electron chi connectivity index (χ1n) is 10.6. The quantitative estimate of drug-likeness (QED) is 0.564. The second-order valence-electron chi connectivity index (χ2n) is 7.75. The number of aromatic nitrogens is 4. The average molecular weight is 433 g/mol. The number of ether oxygens (including phenoxy) is 2. The molecule has 1 saturated heterocycles. The molecule has 166 valence electrons. The van der Waals surface area contributed by atoms with Crippen LogP contribution >= 0.6 is 0 Å². The number of nitrogens with zero attached hydrogens (tertiary/aromatic N) is 6. The Morgan fingerprint density at radius 3 is 2.78 bits per heavy atom. The van der Waals surface area contributed by atoms with Crippen LogP contribution in [-0.4, -0.2) is 72.3 Å². The fraction of sp³-hybridized carbons (Fsp3) is 0.333. The molecule has 8 heteroatoms. The van der Waals surface area contributed by atoms with Crippen LogP contribution in [0.25, 0.3) is 17.2 Å². The molecule has 1 aliphatic rings. The molecule has 0 saturated carbocycles. The highest BCUT2D eigenvalue weighted by Gasteiger charge is 2.26. The maximum absolute atomic E-state index is 6.16. The molecule has 1 fully saturated rings.